The van der Waals surface area contributed by atoms with Crippen molar-refractivity contribution in [1.29, 1.82) is 0 Å². The van der Waals surface area contributed by atoms with Crippen molar-refractivity contribution in [3.63, 3.8) is 0 Å². The predicted molar refractivity (Wildman–Crippen MR) is 33.4 cm³/mol. The van der Waals surface area contributed by atoms with Crippen LogP contribution in [0.3, 0.4) is 0 Å². The molecule has 5 nitrogen and oxygen atoms in total. The minimum atomic E-state index is -3.60. The number of carbonyl (C=O) groups excluding carboxylic acids is 1. The SMILES string of the molecule is O=C1NS(=O)(=O)c2cocc21. The fraction of sp³-hybridized carbons (Fsp3) is 0. The van der Waals surface area contributed by atoms with Crippen molar-refractivity contribution < 1.29 is 17.6 Å². The van der Waals surface area contributed by atoms with Crippen molar-refractivity contribution >= 4 is 15.9 Å². The number of rotatable bonds is 0. The largest absolute Gasteiger partial charge is 0.470 e. The Kier molecular flexibility index (Phi) is 0.960. The van der Waals surface area contributed by atoms with Gasteiger partial charge in [-0.15, -0.1) is 0 Å². The van der Waals surface area contributed by atoms with Gasteiger partial charge in [-0.05, 0) is 0 Å². The number of hydrogen-bond acceptors (Lipinski definition) is 4. The molecule has 0 aliphatic carbocycles. The highest BCUT2D eigenvalue weighted by Gasteiger charge is 2.34. The summed E-state index contributed by atoms with van der Waals surface area (Å²) in [4.78, 5) is 10.7. The number of hydrogen-bond donors (Lipinski definition) is 1. The summed E-state index contributed by atoms with van der Waals surface area (Å²) in [7, 11) is -3.60. The fourth-order valence-electron chi connectivity index (χ4n) is 0.891. The summed E-state index contributed by atoms with van der Waals surface area (Å²) in [5, 5.41) is 0. The minimum absolute atomic E-state index is 0.0741. The topological polar surface area (TPSA) is 76.4 Å². The van der Waals surface area contributed by atoms with Gasteiger partial charge in [0.25, 0.3) is 15.9 Å². The molecular weight excluding hydrogens is 170 g/mol. The van der Waals surface area contributed by atoms with Gasteiger partial charge in [0.2, 0.25) is 0 Å². The first kappa shape index (κ1) is 6.41. The summed E-state index contributed by atoms with van der Waals surface area (Å²) < 4.78 is 28.2. The lowest BCUT2D eigenvalue weighted by Gasteiger charge is -1.89. The van der Waals surface area contributed by atoms with Gasteiger partial charge in [0.05, 0.1) is 5.56 Å². The quantitative estimate of drug-likeness (QED) is 0.585. The van der Waals surface area contributed by atoms with E-state index >= 15 is 0 Å². The van der Waals surface area contributed by atoms with Crippen molar-refractivity contribution in [1.82, 2.24) is 4.72 Å². The molecule has 0 bridgehead atoms. The summed E-state index contributed by atoms with van der Waals surface area (Å²) in [5.41, 5.74) is 0.0741. The minimum Gasteiger partial charge on any atom is -0.470 e. The van der Waals surface area contributed by atoms with Gasteiger partial charge in [0, 0.05) is 0 Å². The number of fused-ring (bicyclic) bond motifs is 1. The highest BCUT2D eigenvalue weighted by atomic mass is 32.2. The van der Waals surface area contributed by atoms with E-state index in [1.807, 2.05) is 4.72 Å². The molecule has 1 aromatic rings. The predicted octanol–water partition coefficient (Wildman–Crippen LogP) is -0.288. The average molecular weight is 173 g/mol. The molecule has 11 heavy (non-hydrogen) atoms. The Hall–Kier alpha value is -1.30. The second-order valence-electron chi connectivity index (χ2n) is 2.08. The molecule has 0 unspecified atom stereocenters. The monoisotopic (exact) mass is 173 g/mol. The second kappa shape index (κ2) is 1.65. The van der Waals surface area contributed by atoms with Crippen molar-refractivity contribution in [3.8, 4) is 0 Å². The highest BCUT2D eigenvalue weighted by Crippen LogP contribution is 2.22. The maximum atomic E-state index is 10.9. The second-order valence-corrected chi connectivity index (χ2v) is 3.74. The zero-order valence-corrected chi connectivity index (χ0v) is 6.01. The lowest BCUT2D eigenvalue weighted by Crippen LogP contribution is -2.21. The van der Waals surface area contributed by atoms with Crippen LogP contribution < -0.4 is 4.72 Å². The number of nitrogens with one attached hydrogen (secondary N) is 1. The lowest BCUT2D eigenvalue weighted by atomic mass is 10.3. The molecule has 0 fully saturated rings. The molecule has 2 rings (SSSR count). The van der Waals surface area contributed by atoms with Crippen LogP contribution in [-0.4, -0.2) is 14.3 Å². The molecule has 0 spiro atoms. The van der Waals surface area contributed by atoms with Gasteiger partial charge in [-0.1, -0.05) is 0 Å². The molecule has 2 heterocycles. The Labute approximate surface area is 62.1 Å². The molecule has 0 atom stereocenters. The van der Waals surface area contributed by atoms with Gasteiger partial charge in [-0.2, -0.15) is 0 Å². The molecule has 0 radical (unpaired) electrons. The van der Waals surface area contributed by atoms with Crippen LogP contribution in [0.25, 0.3) is 0 Å². The third kappa shape index (κ3) is 0.695. The fourth-order valence-corrected chi connectivity index (χ4v) is 1.97. The van der Waals surface area contributed by atoms with Crippen LogP contribution in [0.4, 0.5) is 0 Å². The van der Waals surface area contributed by atoms with E-state index in [-0.39, 0.29) is 10.5 Å². The number of amides is 1. The van der Waals surface area contributed by atoms with E-state index in [4.69, 9.17) is 0 Å². The van der Waals surface area contributed by atoms with Crippen LogP contribution in [0.2, 0.25) is 0 Å². The van der Waals surface area contributed by atoms with Gasteiger partial charge in [0.15, 0.2) is 0 Å². The highest BCUT2D eigenvalue weighted by molar-refractivity contribution is 7.90. The summed E-state index contributed by atoms with van der Waals surface area (Å²) in [6.45, 7) is 0. The van der Waals surface area contributed by atoms with Crippen LogP contribution in [0.5, 0.6) is 0 Å². The zero-order valence-electron chi connectivity index (χ0n) is 5.20. The van der Waals surface area contributed by atoms with E-state index in [0.717, 1.165) is 12.5 Å². The van der Waals surface area contributed by atoms with E-state index in [1.54, 1.807) is 0 Å². The average Bonchev–Trinajstić information content (AvgIpc) is 2.37. The van der Waals surface area contributed by atoms with Crippen molar-refractivity contribution in [2.24, 2.45) is 0 Å². The summed E-state index contributed by atoms with van der Waals surface area (Å²) in [5.74, 6) is -0.631. The molecular formula is C5H3NO4S. The van der Waals surface area contributed by atoms with E-state index in [2.05, 4.69) is 4.42 Å². The molecule has 1 aromatic heterocycles. The van der Waals surface area contributed by atoms with Crippen LogP contribution in [0, 0.1) is 0 Å². The first-order valence-electron chi connectivity index (χ1n) is 2.74. The third-order valence-electron chi connectivity index (χ3n) is 1.39. The number of furan rings is 1. The van der Waals surface area contributed by atoms with Crippen molar-refractivity contribution in [2.75, 3.05) is 0 Å². The summed E-state index contributed by atoms with van der Waals surface area (Å²) >= 11 is 0. The molecule has 1 aliphatic heterocycles. The van der Waals surface area contributed by atoms with Gasteiger partial charge in [0.1, 0.15) is 17.4 Å². The number of sulfonamides is 1. The van der Waals surface area contributed by atoms with E-state index in [9.17, 15) is 13.2 Å². The van der Waals surface area contributed by atoms with Crippen molar-refractivity contribution in [2.45, 2.75) is 4.90 Å². The van der Waals surface area contributed by atoms with E-state index in [0.29, 0.717) is 0 Å². The van der Waals surface area contributed by atoms with Gasteiger partial charge < -0.3 is 4.42 Å². The maximum absolute atomic E-state index is 10.9. The van der Waals surface area contributed by atoms with Crippen LogP contribution in [-0.2, 0) is 10.0 Å². The van der Waals surface area contributed by atoms with Crippen molar-refractivity contribution in [3.05, 3.63) is 18.1 Å². The standard InChI is InChI=1S/C5H3NO4S/c7-5-3-1-10-2-4(3)11(8,9)6-5/h1-2H,(H,6,7). The summed E-state index contributed by atoms with van der Waals surface area (Å²) in [6, 6.07) is 0. The lowest BCUT2D eigenvalue weighted by molar-refractivity contribution is 0.0984. The zero-order chi connectivity index (χ0) is 8.06. The molecule has 0 saturated carbocycles. The van der Waals surface area contributed by atoms with Crippen LogP contribution in [0.15, 0.2) is 21.8 Å². The van der Waals surface area contributed by atoms with E-state index in [1.165, 1.54) is 0 Å². The smallest absolute Gasteiger partial charge is 0.269 e. The first-order chi connectivity index (χ1) is 5.11. The van der Waals surface area contributed by atoms with Gasteiger partial charge in [-0.25, -0.2) is 13.1 Å². The Bertz CT molecular complexity index is 415. The number of carbonyl (C=O) groups is 1. The molecule has 0 aromatic carbocycles. The van der Waals surface area contributed by atoms with E-state index < -0.39 is 15.9 Å². The maximum Gasteiger partial charge on any atom is 0.269 e. The Morgan fingerprint density at radius 3 is 2.73 bits per heavy atom. The Balaban J connectivity index is 2.83. The Morgan fingerprint density at radius 1 is 1.36 bits per heavy atom. The summed E-state index contributed by atoms with van der Waals surface area (Å²) in [6.07, 6.45) is 2.14. The molecule has 1 aliphatic rings. The van der Waals surface area contributed by atoms with Gasteiger partial charge >= 0.3 is 0 Å². The Morgan fingerprint density at radius 2 is 2.09 bits per heavy atom. The molecule has 6 heteroatoms. The molecule has 58 valence electrons. The molecule has 0 saturated heterocycles. The molecule has 1 N–H and O–H groups in total. The van der Waals surface area contributed by atoms with Crippen LogP contribution in [0.1, 0.15) is 10.4 Å². The van der Waals surface area contributed by atoms with Crippen LogP contribution >= 0.6 is 0 Å². The normalized spacial score (nSPS) is 19.5. The molecule has 1 amide bonds. The first-order valence-corrected chi connectivity index (χ1v) is 4.23. The van der Waals surface area contributed by atoms with Gasteiger partial charge in [-0.3, -0.25) is 4.79 Å². The third-order valence-corrected chi connectivity index (χ3v) is 2.74.